The maximum absolute atomic E-state index is 6.29. The summed E-state index contributed by atoms with van der Waals surface area (Å²) in [7, 11) is 6.67. The van der Waals surface area contributed by atoms with Gasteiger partial charge in [0.2, 0.25) is 8.32 Å². The summed E-state index contributed by atoms with van der Waals surface area (Å²) in [6.07, 6.45) is 0. The highest BCUT2D eigenvalue weighted by atomic mass is 31.1. The Bertz CT molecular complexity index is 343. The number of rotatable bonds is 6. The first kappa shape index (κ1) is 19.1. The molecule has 112 valence electrons. The van der Waals surface area contributed by atoms with Crippen LogP contribution in [0.4, 0.5) is 0 Å². The monoisotopic (exact) mass is 318 g/mol. The molecule has 0 aromatic heterocycles. The minimum absolute atomic E-state index is 1.13. The molecular formula is C13H31N2OPSi2. The molecule has 0 aliphatic heterocycles. The van der Waals surface area contributed by atoms with Crippen molar-refractivity contribution >= 4 is 30.1 Å². The Morgan fingerprint density at radius 3 is 1.58 bits per heavy atom. The molecule has 0 fully saturated rings. The van der Waals surface area contributed by atoms with Crippen molar-refractivity contribution in [2.24, 2.45) is 0 Å². The van der Waals surface area contributed by atoms with Gasteiger partial charge in [-0.15, -0.1) is 0 Å². The Morgan fingerprint density at radius 1 is 0.895 bits per heavy atom. The molecule has 0 radical (unpaired) electrons. The standard InChI is InChI=1S/C13H31N2OPSi2/c1-14(2)13(15(3)4)17-12(11-18(5,6)7)16-19(8,9)10/h11H,1-10H3. The largest absolute Gasteiger partial charge is 0.542 e. The Kier molecular flexibility index (Phi) is 7.21. The van der Waals surface area contributed by atoms with Crippen LogP contribution in [0, 0.1) is 0 Å². The van der Waals surface area contributed by atoms with Crippen molar-refractivity contribution in [3.05, 3.63) is 11.2 Å². The van der Waals surface area contributed by atoms with Crippen molar-refractivity contribution in [2.45, 2.75) is 39.3 Å². The lowest BCUT2D eigenvalue weighted by molar-refractivity contribution is 0.462. The van der Waals surface area contributed by atoms with Gasteiger partial charge < -0.3 is 4.43 Å². The molecule has 0 saturated heterocycles. The average molecular weight is 319 g/mol. The Labute approximate surface area is 123 Å². The summed E-state index contributed by atoms with van der Waals surface area (Å²) in [6.45, 7) is 13.8. The summed E-state index contributed by atoms with van der Waals surface area (Å²) in [5.74, 6) is 0. The van der Waals surface area contributed by atoms with E-state index in [0.717, 1.165) is 5.50 Å². The van der Waals surface area contributed by atoms with Crippen LogP contribution in [0.5, 0.6) is 0 Å². The van der Waals surface area contributed by atoms with Crippen LogP contribution in [-0.2, 0) is 4.43 Å². The van der Waals surface area contributed by atoms with Crippen molar-refractivity contribution in [2.75, 3.05) is 28.2 Å². The van der Waals surface area contributed by atoms with Crippen LogP contribution < -0.4 is 0 Å². The van der Waals surface area contributed by atoms with Crippen molar-refractivity contribution in [1.29, 1.82) is 0 Å². The average Bonchev–Trinajstić information content (AvgIpc) is 2.07. The van der Waals surface area contributed by atoms with Gasteiger partial charge >= 0.3 is 0 Å². The second-order valence-corrected chi connectivity index (χ2v) is 17.8. The number of hydrogen-bond donors (Lipinski definition) is 0. The van der Waals surface area contributed by atoms with Gasteiger partial charge in [-0.2, -0.15) is 0 Å². The van der Waals surface area contributed by atoms with E-state index in [-0.39, 0.29) is 0 Å². The molecule has 19 heavy (non-hydrogen) atoms. The highest BCUT2D eigenvalue weighted by Crippen LogP contribution is 2.25. The van der Waals surface area contributed by atoms with E-state index in [0.29, 0.717) is 0 Å². The van der Waals surface area contributed by atoms with Crippen molar-refractivity contribution in [3.63, 3.8) is 0 Å². The predicted octanol–water partition coefficient (Wildman–Crippen LogP) is 3.71. The molecule has 0 aliphatic rings. The van der Waals surface area contributed by atoms with Gasteiger partial charge in [0.1, 0.15) is 5.50 Å². The van der Waals surface area contributed by atoms with E-state index in [1.807, 2.05) is 0 Å². The first-order valence-electron chi connectivity index (χ1n) is 6.67. The zero-order valence-corrected chi connectivity index (χ0v) is 17.2. The molecule has 0 aromatic carbocycles. The topological polar surface area (TPSA) is 15.7 Å². The maximum atomic E-state index is 6.29. The molecule has 0 saturated carbocycles. The summed E-state index contributed by atoms with van der Waals surface area (Å²) in [6, 6.07) is 0. The Hall–Kier alpha value is 0.0638. The molecule has 0 heterocycles. The summed E-state index contributed by atoms with van der Waals surface area (Å²) >= 11 is 0. The molecule has 6 heteroatoms. The van der Waals surface area contributed by atoms with Gasteiger partial charge in [0.25, 0.3) is 0 Å². The zero-order valence-electron chi connectivity index (χ0n) is 14.3. The van der Waals surface area contributed by atoms with Gasteiger partial charge in [-0.25, -0.2) is 0 Å². The van der Waals surface area contributed by atoms with E-state index in [2.05, 4.69) is 83.0 Å². The third-order valence-electron chi connectivity index (χ3n) is 1.98. The SMILES string of the molecule is CN(C)C(=PC(=C[Si](C)(C)C)O[Si](C)(C)C)N(C)C. The van der Waals surface area contributed by atoms with E-state index in [4.69, 9.17) is 4.43 Å². The van der Waals surface area contributed by atoms with Crippen LogP contribution in [0.3, 0.4) is 0 Å². The molecule has 0 N–H and O–H groups in total. The van der Waals surface area contributed by atoms with Gasteiger partial charge in [0.05, 0.1) is 13.6 Å². The lowest BCUT2D eigenvalue weighted by atomic mass is 10.8. The Morgan fingerprint density at radius 2 is 1.32 bits per heavy atom. The molecule has 0 atom stereocenters. The molecule has 0 aliphatic carbocycles. The van der Waals surface area contributed by atoms with Crippen molar-refractivity contribution in [3.8, 4) is 0 Å². The normalized spacial score (nSPS) is 14.4. The van der Waals surface area contributed by atoms with Gasteiger partial charge in [-0.1, -0.05) is 25.3 Å². The van der Waals surface area contributed by atoms with E-state index in [9.17, 15) is 0 Å². The molecule has 0 aromatic rings. The van der Waals surface area contributed by atoms with Crippen LogP contribution in [0.15, 0.2) is 11.2 Å². The molecule has 3 nitrogen and oxygen atoms in total. The molecule has 0 bridgehead atoms. The quantitative estimate of drug-likeness (QED) is 0.422. The van der Waals surface area contributed by atoms with Crippen LogP contribution in [0.1, 0.15) is 0 Å². The second kappa shape index (κ2) is 7.18. The Balaban J connectivity index is 5.49. The summed E-state index contributed by atoms with van der Waals surface area (Å²) in [4.78, 5) is 4.32. The summed E-state index contributed by atoms with van der Waals surface area (Å²) in [5.41, 5.74) is 4.78. The van der Waals surface area contributed by atoms with E-state index >= 15 is 0 Å². The first-order chi connectivity index (χ1) is 8.32. The molecule has 0 rings (SSSR count). The first-order valence-corrected chi connectivity index (χ1v) is 14.5. The molecule has 0 amide bonds. The zero-order chi connectivity index (χ0) is 15.4. The fourth-order valence-electron chi connectivity index (χ4n) is 1.47. The van der Waals surface area contributed by atoms with Crippen molar-refractivity contribution < 1.29 is 4.43 Å². The summed E-state index contributed by atoms with van der Waals surface area (Å²) in [5, 5.41) is 0. The third-order valence-corrected chi connectivity index (χ3v) is 5.79. The maximum Gasteiger partial charge on any atom is 0.242 e. The molecule has 0 unspecified atom stereocenters. The minimum Gasteiger partial charge on any atom is -0.542 e. The highest BCUT2D eigenvalue weighted by molar-refractivity contribution is 7.44. The highest BCUT2D eigenvalue weighted by Gasteiger charge is 2.20. The van der Waals surface area contributed by atoms with E-state index in [1.54, 1.807) is 0 Å². The molecule has 0 spiro atoms. The second-order valence-electron chi connectivity index (χ2n) is 7.26. The lowest BCUT2D eigenvalue weighted by Crippen LogP contribution is -2.34. The smallest absolute Gasteiger partial charge is 0.242 e. The van der Waals surface area contributed by atoms with Gasteiger partial charge in [-0.3, -0.25) is 9.80 Å². The summed E-state index contributed by atoms with van der Waals surface area (Å²) < 4.78 is 6.29. The van der Waals surface area contributed by atoms with Crippen LogP contribution in [0.2, 0.25) is 39.3 Å². The van der Waals surface area contributed by atoms with Crippen LogP contribution in [0.25, 0.3) is 0 Å². The number of nitrogens with zero attached hydrogens (tertiary/aromatic N) is 2. The molecular weight excluding hydrogens is 287 g/mol. The minimum atomic E-state index is -1.56. The van der Waals surface area contributed by atoms with Gasteiger partial charge in [-0.05, 0) is 47.8 Å². The van der Waals surface area contributed by atoms with Crippen LogP contribution >= 0.6 is 8.20 Å². The predicted molar refractivity (Wildman–Crippen MR) is 95.2 cm³/mol. The third kappa shape index (κ3) is 9.58. The van der Waals surface area contributed by atoms with E-state index in [1.165, 1.54) is 13.7 Å². The fraction of sp³-hybridized carbons (Fsp3) is 0.769. The van der Waals surface area contributed by atoms with Gasteiger partial charge in [0.15, 0.2) is 0 Å². The fourth-order valence-corrected chi connectivity index (χ4v) is 6.09. The number of hydrogen-bond acceptors (Lipinski definition) is 1. The lowest BCUT2D eigenvalue weighted by Gasteiger charge is -2.25. The van der Waals surface area contributed by atoms with Crippen molar-refractivity contribution in [1.82, 2.24) is 9.80 Å². The van der Waals surface area contributed by atoms with Gasteiger partial charge in [0, 0.05) is 8.20 Å². The van der Waals surface area contributed by atoms with E-state index < -0.39 is 16.4 Å². The van der Waals surface area contributed by atoms with Crippen LogP contribution in [-0.4, -0.2) is 59.9 Å².